The second-order valence-corrected chi connectivity index (χ2v) is 36.4. The van der Waals surface area contributed by atoms with Gasteiger partial charge in [-0.1, -0.05) is 217 Å². The number of imidazole rings is 1. The fourth-order valence-electron chi connectivity index (χ4n) is 14.2. The Labute approximate surface area is 694 Å². The van der Waals surface area contributed by atoms with Crippen molar-refractivity contribution in [1.82, 2.24) is 9.55 Å². The molecule has 5 N–H and O–H groups in total. The van der Waals surface area contributed by atoms with Gasteiger partial charge in [-0.05, 0) is 375 Å². The largest absolute Gasteiger partial charge is 0.394 e. The second kappa shape index (κ2) is 61.8. The van der Waals surface area contributed by atoms with Gasteiger partial charge in [0.25, 0.3) is 0 Å². The van der Waals surface area contributed by atoms with Gasteiger partial charge in [-0.25, -0.2) is 4.98 Å². The van der Waals surface area contributed by atoms with Crippen LogP contribution in [0.25, 0.3) is 0 Å². The molecule has 0 radical (unpaired) electrons. The molecule has 0 amide bonds. The van der Waals surface area contributed by atoms with E-state index in [0.29, 0.717) is 6.42 Å². The fourth-order valence-corrected chi connectivity index (χ4v) is 15.2. The first-order chi connectivity index (χ1) is 53.8. The van der Waals surface area contributed by atoms with Gasteiger partial charge in [0.15, 0.2) is 5.44 Å². The zero-order chi connectivity index (χ0) is 83.9. The lowest BCUT2D eigenvalue weighted by atomic mass is 9.96. The van der Waals surface area contributed by atoms with Crippen LogP contribution in [0.1, 0.15) is 394 Å². The van der Waals surface area contributed by atoms with E-state index < -0.39 is 38.6 Å². The average Bonchev–Trinajstić information content (AvgIpc) is 1.63. The first-order valence-electron chi connectivity index (χ1n) is 44.3. The summed E-state index contributed by atoms with van der Waals surface area (Å²) in [6.45, 7) is 45.0. The lowest BCUT2D eigenvalue weighted by Crippen LogP contribution is -2.46. The molecule has 636 valence electrons. The lowest BCUT2D eigenvalue weighted by Gasteiger charge is -2.35. The molecule has 113 heavy (non-hydrogen) atoms. The normalized spacial score (nSPS) is 18.8. The highest BCUT2D eigenvalue weighted by Gasteiger charge is 2.43. The first kappa shape index (κ1) is 104. The maximum atomic E-state index is 13.0. The molecule has 0 saturated carbocycles. The van der Waals surface area contributed by atoms with Crippen LogP contribution in [-0.2, 0) is 9.09 Å². The molecular formula is C103H167N2O7P. The number of aliphatic hydroxyl groups is 4. The third-order valence-electron chi connectivity index (χ3n) is 22.5. The van der Waals surface area contributed by atoms with Crippen LogP contribution in [-0.4, -0.2) is 60.3 Å². The van der Waals surface area contributed by atoms with E-state index in [9.17, 15) is 29.9 Å². The molecule has 2 rings (SSSR count). The highest BCUT2D eigenvalue weighted by Crippen LogP contribution is 2.43. The summed E-state index contributed by atoms with van der Waals surface area (Å²) in [5, 5.41) is 40.5. The molecule has 9 nitrogen and oxygen atoms in total. The molecule has 1 aliphatic rings. The van der Waals surface area contributed by atoms with Crippen LogP contribution in [0.15, 0.2) is 216 Å². The molecule has 0 aliphatic carbocycles. The van der Waals surface area contributed by atoms with E-state index >= 15 is 0 Å². The van der Waals surface area contributed by atoms with Gasteiger partial charge in [0.05, 0.1) is 19.3 Å². The van der Waals surface area contributed by atoms with Gasteiger partial charge in [-0.15, -0.1) is 0 Å². The van der Waals surface area contributed by atoms with Gasteiger partial charge in [0, 0.05) is 6.20 Å². The average molecular weight is 1580 g/mol. The van der Waals surface area contributed by atoms with E-state index in [4.69, 9.17) is 4.52 Å². The maximum Gasteiger partial charge on any atom is 0.378 e. The van der Waals surface area contributed by atoms with Crippen molar-refractivity contribution >= 4 is 13.0 Å². The van der Waals surface area contributed by atoms with Crippen molar-refractivity contribution in [3.05, 3.63) is 222 Å². The molecule has 0 spiro atoms. The predicted octanol–water partition coefficient (Wildman–Crippen LogP) is 30.1. The molecule has 2 unspecified atom stereocenters. The zero-order valence-corrected chi connectivity index (χ0v) is 76.7. The minimum absolute atomic E-state index is 0.0519. The Morgan fingerprint density at radius 1 is 0.345 bits per heavy atom. The molecule has 1 aromatic heterocycles. The summed E-state index contributed by atoms with van der Waals surface area (Å²) >= 11 is 0. The summed E-state index contributed by atoms with van der Waals surface area (Å²) in [7, 11) is -4.34. The third-order valence-corrected chi connectivity index (χ3v) is 23.9. The minimum Gasteiger partial charge on any atom is -0.394 e. The summed E-state index contributed by atoms with van der Waals surface area (Å²) in [5.41, 5.74) is 26.6. The van der Waals surface area contributed by atoms with Crippen molar-refractivity contribution in [3.8, 4) is 0 Å². The Morgan fingerprint density at radius 2 is 0.549 bits per heavy atom. The van der Waals surface area contributed by atoms with Crippen LogP contribution in [0.2, 0.25) is 0 Å². The fraction of sp³-hybridized carbons (Fsp3) is 0.621. The van der Waals surface area contributed by atoms with Crippen LogP contribution in [0.5, 0.6) is 0 Å². The number of hydrogen-bond donors (Lipinski definition) is 5. The third kappa shape index (κ3) is 52.1. The van der Waals surface area contributed by atoms with Crippen molar-refractivity contribution in [2.45, 2.75) is 400 Å². The number of rotatable bonds is 60. The Balaban J connectivity index is 1.53. The maximum absolute atomic E-state index is 13.0. The summed E-state index contributed by atoms with van der Waals surface area (Å²) in [5.74, 6) is 0.166. The van der Waals surface area contributed by atoms with Crippen LogP contribution in [0.3, 0.4) is 0 Å². The van der Waals surface area contributed by atoms with E-state index in [1.54, 1.807) is 0 Å². The molecule has 6 atom stereocenters. The van der Waals surface area contributed by atoms with Crippen molar-refractivity contribution in [2.75, 3.05) is 13.2 Å². The number of fused-ring (bicyclic) bond motifs is 1. The van der Waals surface area contributed by atoms with E-state index in [1.165, 1.54) is 137 Å². The van der Waals surface area contributed by atoms with E-state index in [1.807, 2.05) is 0 Å². The predicted molar refractivity (Wildman–Crippen MR) is 494 cm³/mol. The van der Waals surface area contributed by atoms with Gasteiger partial charge >= 0.3 is 7.60 Å². The number of aromatic nitrogens is 2. The number of allylic oxidation sites excluding steroid dienone is 36. The topological polar surface area (TPSA) is 145 Å². The highest BCUT2D eigenvalue weighted by atomic mass is 31.2. The summed E-state index contributed by atoms with van der Waals surface area (Å²) in [6.07, 6.45) is 81.6. The van der Waals surface area contributed by atoms with E-state index in [2.05, 4.69) is 253 Å². The summed E-state index contributed by atoms with van der Waals surface area (Å²) in [6, 6.07) is -1.01. The zero-order valence-electron chi connectivity index (χ0n) is 75.8. The van der Waals surface area contributed by atoms with Crippen LogP contribution in [0.4, 0.5) is 0 Å². The molecule has 0 bridgehead atoms. The van der Waals surface area contributed by atoms with Crippen molar-refractivity contribution in [1.29, 1.82) is 0 Å². The Kier molecular flexibility index (Phi) is 56.7. The lowest BCUT2D eigenvalue weighted by molar-refractivity contribution is -0.108. The van der Waals surface area contributed by atoms with Crippen molar-refractivity contribution < 1.29 is 34.4 Å². The van der Waals surface area contributed by atoms with E-state index in [0.717, 1.165) is 205 Å². The molecule has 1 aliphatic heterocycles. The van der Waals surface area contributed by atoms with Gasteiger partial charge in [0.1, 0.15) is 24.1 Å². The second-order valence-electron chi connectivity index (χ2n) is 34.7. The Bertz CT molecular complexity index is 3560. The van der Waals surface area contributed by atoms with Gasteiger partial charge in [0.2, 0.25) is 0 Å². The molecule has 0 saturated heterocycles. The van der Waals surface area contributed by atoms with Gasteiger partial charge in [-0.2, -0.15) is 0 Å². The van der Waals surface area contributed by atoms with Crippen LogP contribution >= 0.6 is 7.60 Å². The standard InChI is InChI=1S/C103H167N2O7P/c1-79(2)39-21-40-80(3)41-22-42-81(4)43-23-44-82(5)45-24-46-83(6)47-25-48-84(7)49-26-50-85(8)51-27-52-86(9)53-28-54-87(10)55-29-56-88(11)57-30-58-89(12)59-31-60-90(13)61-32-62-91(14)63-33-64-92(15)65-34-66-93(16)67-35-68-94(17)69-36-70-95(18)71-37-72-96(19)73-38-74-97(20)75-76-112-113(110,111)99-77-105-98(78-106)100(107)101(108)102(109)103(105)104-99/h39,41,43,45,47,49,51,53,55,57,59,61,63,65,67,69,71,73,77,97-98,100-102,106-109H,21-38,40,42,44,46,48,50,52,54,56,58,60,62,64,66,68,70,72,74-76,78H2,1-20H3,(H,110,111)/b80-41+,81-43+,82-45+,83-47+,84-49+,85-51+,86-53+,87-55+,88-57+,89-59+,90-61+,91-63+,92-65+,93-67+,94-69+,95-71+,96-73+/t97?,98-,100-,101+,102-/m1/s1. The molecule has 0 aromatic carbocycles. The van der Waals surface area contributed by atoms with E-state index in [-0.39, 0.29) is 23.8 Å². The van der Waals surface area contributed by atoms with Gasteiger partial charge < -0.3 is 34.4 Å². The summed E-state index contributed by atoms with van der Waals surface area (Å²) < 4.78 is 19.7. The van der Waals surface area contributed by atoms with Crippen molar-refractivity contribution in [2.24, 2.45) is 5.92 Å². The molecule has 10 heteroatoms. The molecule has 0 fully saturated rings. The number of aliphatic hydroxyl groups excluding tert-OH is 4. The minimum atomic E-state index is -4.34. The summed E-state index contributed by atoms with van der Waals surface area (Å²) in [4.78, 5) is 14.7. The molecular weight excluding hydrogens is 1410 g/mol. The Hall–Kier alpha value is -5.48. The highest BCUT2D eigenvalue weighted by molar-refractivity contribution is 7.60. The Morgan fingerprint density at radius 3 is 0.752 bits per heavy atom. The number of hydrogen-bond acceptors (Lipinski definition) is 7. The molecule has 2 heterocycles. The molecule has 1 aromatic rings. The van der Waals surface area contributed by atoms with Crippen LogP contribution in [0, 0.1) is 5.92 Å². The first-order valence-corrected chi connectivity index (χ1v) is 45.9. The quantitative estimate of drug-likeness (QED) is 0.0320. The van der Waals surface area contributed by atoms with Crippen LogP contribution < -0.4 is 5.44 Å². The monoisotopic (exact) mass is 1580 g/mol. The van der Waals surface area contributed by atoms with Crippen molar-refractivity contribution in [3.63, 3.8) is 0 Å². The number of nitrogens with zero attached hydrogens (tertiary/aromatic N) is 2. The van der Waals surface area contributed by atoms with Gasteiger partial charge in [-0.3, -0.25) is 4.57 Å². The SMILES string of the molecule is CC(C)=CCC/C(C)=C/CC/C(C)=C/CC/C(C)=C/CC/C(C)=C/CC/C(C)=C/CC/C(C)=C/CC/C(C)=C/CC/C(C)=C/CC/C(C)=C/CC/C(C)=C/CC/C(C)=C/CC/C(C)=C/CC/C(C)=C/CC/C(C)=C/CC/C(C)=C/CC/C(C)=C/CC/C(C)=C/CCC(C)CCOP(=O)(O)c1cn2c(n1)[C@H](O)[C@@H](O)[C@H](O)[C@H]2CO. The smallest absolute Gasteiger partial charge is 0.378 e.